The zero-order chi connectivity index (χ0) is 14.8. The van der Waals surface area contributed by atoms with E-state index in [-0.39, 0.29) is 5.82 Å². The minimum Gasteiger partial charge on any atom is -0.495 e. The first-order chi connectivity index (χ1) is 9.42. The van der Waals surface area contributed by atoms with E-state index in [1.54, 1.807) is 25.3 Å². The summed E-state index contributed by atoms with van der Waals surface area (Å²) in [4.78, 5) is 0. The molecule has 2 rings (SSSR count). The van der Waals surface area contributed by atoms with E-state index in [4.69, 9.17) is 22.1 Å². The minimum absolute atomic E-state index is 0.249. The van der Waals surface area contributed by atoms with E-state index in [0.29, 0.717) is 17.2 Å². The van der Waals surface area contributed by atoms with Crippen molar-refractivity contribution in [3.63, 3.8) is 0 Å². The van der Waals surface area contributed by atoms with E-state index in [0.717, 1.165) is 11.1 Å². The Labute approximate surface area is 123 Å². The molecule has 0 aliphatic heterocycles. The van der Waals surface area contributed by atoms with Crippen molar-refractivity contribution in [1.82, 2.24) is 0 Å². The van der Waals surface area contributed by atoms with E-state index >= 15 is 0 Å². The molecule has 2 nitrogen and oxygen atoms in total. The summed E-state index contributed by atoms with van der Waals surface area (Å²) in [5.41, 5.74) is 7.70. The van der Waals surface area contributed by atoms with E-state index in [1.807, 2.05) is 19.1 Å². The molecule has 0 heterocycles. The fourth-order valence-corrected chi connectivity index (χ4v) is 2.34. The van der Waals surface area contributed by atoms with Crippen molar-refractivity contribution in [2.75, 3.05) is 7.11 Å². The van der Waals surface area contributed by atoms with Crippen molar-refractivity contribution < 1.29 is 9.13 Å². The molecule has 0 spiro atoms. The van der Waals surface area contributed by atoms with Gasteiger partial charge in [0.25, 0.3) is 0 Å². The van der Waals surface area contributed by atoms with E-state index < -0.39 is 5.54 Å². The number of nitrogens with two attached hydrogens (primary N) is 1. The summed E-state index contributed by atoms with van der Waals surface area (Å²) in [6, 6.07) is 11.9. The van der Waals surface area contributed by atoms with Crippen LogP contribution in [0.1, 0.15) is 18.1 Å². The average Bonchev–Trinajstić information content (AvgIpc) is 2.41. The van der Waals surface area contributed by atoms with Crippen LogP contribution in [0.3, 0.4) is 0 Å². The van der Waals surface area contributed by atoms with Crippen LogP contribution in [0.2, 0.25) is 5.02 Å². The first-order valence-corrected chi connectivity index (χ1v) is 6.67. The molecule has 0 bridgehead atoms. The maximum absolute atomic E-state index is 12.9. The number of hydrogen-bond donors (Lipinski definition) is 1. The Morgan fingerprint density at radius 3 is 2.45 bits per heavy atom. The van der Waals surface area contributed by atoms with Gasteiger partial charge in [0.15, 0.2) is 0 Å². The second-order valence-corrected chi connectivity index (χ2v) is 5.48. The molecule has 0 aliphatic rings. The molecule has 2 N–H and O–H groups in total. The Balaban J connectivity index is 2.27. The first kappa shape index (κ1) is 14.8. The molecule has 0 saturated carbocycles. The number of halogens is 2. The van der Waals surface area contributed by atoms with Gasteiger partial charge >= 0.3 is 0 Å². The first-order valence-electron chi connectivity index (χ1n) is 6.30. The smallest absolute Gasteiger partial charge is 0.137 e. The molecule has 0 aromatic heterocycles. The van der Waals surface area contributed by atoms with Crippen molar-refractivity contribution in [1.29, 1.82) is 0 Å². The van der Waals surface area contributed by atoms with Crippen LogP contribution in [0.5, 0.6) is 5.75 Å². The lowest BCUT2D eigenvalue weighted by Crippen LogP contribution is -2.35. The van der Waals surface area contributed by atoms with Crippen LogP contribution in [0, 0.1) is 5.82 Å². The Morgan fingerprint density at radius 1 is 1.20 bits per heavy atom. The van der Waals surface area contributed by atoms with Crippen molar-refractivity contribution in [3.8, 4) is 5.75 Å². The van der Waals surface area contributed by atoms with E-state index in [1.165, 1.54) is 12.1 Å². The van der Waals surface area contributed by atoms with Gasteiger partial charge < -0.3 is 10.5 Å². The molecule has 2 aromatic carbocycles. The Bertz CT molecular complexity index is 596. The SMILES string of the molecule is COc1cc(C(C)(N)Cc2ccc(F)cc2)ccc1Cl. The molecule has 0 aliphatic carbocycles. The van der Waals surface area contributed by atoms with Gasteiger partial charge in [-0.15, -0.1) is 0 Å². The number of methoxy groups -OCH3 is 1. The van der Waals surface area contributed by atoms with Gasteiger partial charge in [-0.3, -0.25) is 0 Å². The van der Waals surface area contributed by atoms with Crippen molar-refractivity contribution in [3.05, 3.63) is 64.4 Å². The molecule has 106 valence electrons. The van der Waals surface area contributed by atoms with Crippen LogP contribution in [-0.4, -0.2) is 7.11 Å². The lowest BCUT2D eigenvalue weighted by molar-refractivity contribution is 0.410. The average molecular weight is 294 g/mol. The third kappa shape index (κ3) is 3.30. The van der Waals surface area contributed by atoms with Crippen LogP contribution in [0.4, 0.5) is 4.39 Å². The highest BCUT2D eigenvalue weighted by Gasteiger charge is 2.23. The topological polar surface area (TPSA) is 35.2 Å². The highest BCUT2D eigenvalue weighted by molar-refractivity contribution is 6.32. The van der Waals surface area contributed by atoms with Crippen molar-refractivity contribution >= 4 is 11.6 Å². The number of rotatable bonds is 4. The fourth-order valence-electron chi connectivity index (χ4n) is 2.14. The Hall–Kier alpha value is -1.58. The van der Waals surface area contributed by atoms with Crippen LogP contribution in [0.25, 0.3) is 0 Å². The largest absolute Gasteiger partial charge is 0.495 e. The molecule has 0 radical (unpaired) electrons. The lowest BCUT2D eigenvalue weighted by Gasteiger charge is -2.26. The summed E-state index contributed by atoms with van der Waals surface area (Å²) in [7, 11) is 1.57. The lowest BCUT2D eigenvalue weighted by atomic mass is 9.86. The normalized spacial score (nSPS) is 13.8. The number of hydrogen-bond acceptors (Lipinski definition) is 2. The second kappa shape index (κ2) is 5.81. The summed E-state index contributed by atoms with van der Waals surface area (Å²) < 4.78 is 18.1. The molecule has 2 aromatic rings. The molecule has 1 atom stereocenters. The van der Waals surface area contributed by atoms with E-state index in [9.17, 15) is 4.39 Å². The van der Waals surface area contributed by atoms with Gasteiger partial charge in [0.2, 0.25) is 0 Å². The zero-order valence-corrected chi connectivity index (χ0v) is 12.2. The zero-order valence-electron chi connectivity index (χ0n) is 11.5. The molecule has 1 unspecified atom stereocenters. The summed E-state index contributed by atoms with van der Waals surface area (Å²) in [5, 5.41) is 0.550. The molecule has 4 heteroatoms. The maximum atomic E-state index is 12.9. The van der Waals surface area contributed by atoms with Gasteiger partial charge in [-0.2, -0.15) is 0 Å². The van der Waals surface area contributed by atoms with Gasteiger partial charge in [-0.1, -0.05) is 29.8 Å². The van der Waals surface area contributed by atoms with Gasteiger partial charge in [0, 0.05) is 5.54 Å². The molecule has 0 amide bonds. The standard InChI is InChI=1S/C16H17ClFNO/c1-16(19,10-11-3-6-13(18)7-4-11)12-5-8-14(17)15(9-12)20-2/h3-9H,10,19H2,1-2H3. The maximum Gasteiger partial charge on any atom is 0.137 e. The molecule has 0 fully saturated rings. The second-order valence-electron chi connectivity index (χ2n) is 5.07. The predicted molar refractivity (Wildman–Crippen MR) is 79.6 cm³/mol. The predicted octanol–water partition coefficient (Wildman–Crippen LogP) is 3.90. The van der Waals surface area contributed by atoms with Gasteiger partial charge in [-0.05, 0) is 48.7 Å². The van der Waals surface area contributed by atoms with Crippen molar-refractivity contribution in [2.24, 2.45) is 5.73 Å². The summed E-state index contributed by atoms with van der Waals surface area (Å²) in [6.45, 7) is 1.93. The quantitative estimate of drug-likeness (QED) is 0.928. The number of ether oxygens (including phenoxy) is 1. The molecular formula is C16H17ClFNO. The van der Waals surface area contributed by atoms with Gasteiger partial charge in [0.05, 0.1) is 12.1 Å². The molecular weight excluding hydrogens is 277 g/mol. The van der Waals surface area contributed by atoms with Crippen LogP contribution in [-0.2, 0) is 12.0 Å². The highest BCUT2D eigenvalue weighted by Crippen LogP contribution is 2.31. The summed E-state index contributed by atoms with van der Waals surface area (Å²) >= 11 is 6.02. The van der Waals surface area contributed by atoms with Gasteiger partial charge in [0.1, 0.15) is 11.6 Å². The molecule has 0 saturated heterocycles. The fraction of sp³-hybridized carbons (Fsp3) is 0.250. The van der Waals surface area contributed by atoms with Gasteiger partial charge in [-0.25, -0.2) is 4.39 Å². The van der Waals surface area contributed by atoms with Crippen LogP contribution >= 0.6 is 11.6 Å². The van der Waals surface area contributed by atoms with E-state index in [2.05, 4.69) is 0 Å². The Kier molecular flexibility index (Phi) is 4.31. The van der Waals surface area contributed by atoms with Crippen LogP contribution < -0.4 is 10.5 Å². The molecule has 20 heavy (non-hydrogen) atoms. The third-order valence-corrected chi connectivity index (χ3v) is 3.61. The third-order valence-electron chi connectivity index (χ3n) is 3.30. The Morgan fingerprint density at radius 2 is 1.85 bits per heavy atom. The number of benzene rings is 2. The van der Waals surface area contributed by atoms with Crippen LogP contribution in [0.15, 0.2) is 42.5 Å². The highest BCUT2D eigenvalue weighted by atomic mass is 35.5. The minimum atomic E-state index is -0.588. The van der Waals surface area contributed by atoms with Crippen molar-refractivity contribution in [2.45, 2.75) is 18.9 Å². The summed E-state index contributed by atoms with van der Waals surface area (Å²) in [5.74, 6) is 0.348. The monoisotopic (exact) mass is 293 g/mol. The summed E-state index contributed by atoms with van der Waals surface area (Å²) in [6.07, 6.45) is 0.595.